The number of benzene rings is 2. The number of rotatable bonds is 7. The fourth-order valence-corrected chi connectivity index (χ4v) is 6.09. The highest BCUT2D eigenvalue weighted by atomic mass is 79.9. The Morgan fingerprint density at radius 1 is 1.10 bits per heavy atom. The van der Waals surface area contributed by atoms with Crippen molar-refractivity contribution < 1.29 is 13.2 Å². The second kappa shape index (κ2) is 10.3. The molecule has 0 atom stereocenters. The first-order chi connectivity index (χ1) is 14.7. The van der Waals surface area contributed by atoms with E-state index in [1.54, 1.807) is 24.3 Å². The molecule has 2 aromatic carbocycles. The number of nitrogens with one attached hydrogen (secondary N) is 1. The van der Waals surface area contributed by atoms with Gasteiger partial charge < -0.3 is 5.32 Å². The van der Waals surface area contributed by atoms with Gasteiger partial charge in [-0.3, -0.25) is 4.79 Å². The van der Waals surface area contributed by atoms with Crippen LogP contribution >= 0.6 is 15.9 Å². The summed E-state index contributed by atoms with van der Waals surface area (Å²) in [6, 6.07) is 12.4. The predicted molar refractivity (Wildman–Crippen MR) is 129 cm³/mol. The smallest absolute Gasteiger partial charge is 0.243 e. The molecule has 1 saturated carbocycles. The molecule has 3 rings (SSSR count). The molecule has 0 spiro atoms. The standard InChI is InChI=1S/C24H31BrN2O3S/c1-17(2)22-11-7-8-18(3)24(22)26-23(28)16-27(20-9-5-4-6-10-20)31(29,30)21-14-12-19(25)13-15-21/h7-8,11-15,17,20H,4-6,9-10,16H2,1-3H3,(H,26,28). The lowest BCUT2D eigenvalue weighted by atomic mass is 9.95. The fraction of sp³-hybridized carbons (Fsp3) is 0.458. The molecule has 1 fully saturated rings. The summed E-state index contributed by atoms with van der Waals surface area (Å²) < 4.78 is 29.2. The number of halogens is 1. The summed E-state index contributed by atoms with van der Waals surface area (Å²) in [4.78, 5) is 13.3. The van der Waals surface area contributed by atoms with E-state index < -0.39 is 10.0 Å². The lowest BCUT2D eigenvalue weighted by Crippen LogP contribution is -2.45. The summed E-state index contributed by atoms with van der Waals surface area (Å²) >= 11 is 3.36. The summed E-state index contributed by atoms with van der Waals surface area (Å²) in [7, 11) is -3.79. The zero-order valence-corrected chi connectivity index (χ0v) is 20.8. The molecule has 0 heterocycles. The van der Waals surface area contributed by atoms with Crippen LogP contribution in [0.5, 0.6) is 0 Å². The number of aryl methyl sites for hydroxylation is 1. The van der Waals surface area contributed by atoms with Crippen LogP contribution < -0.4 is 5.32 Å². The molecule has 5 nitrogen and oxygen atoms in total. The largest absolute Gasteiger partial charge is 0.324 e. The maximum atomic E-state index is 13.5. The second-order valence-corrected chi connectivity index (χ2v) is 11.3. The molecule has 0 aromatic heterocycles. The number of amides is 1. The van der Waals surface area contributed by atoms with E-state index in [0.29, 0.717) is 0 Å². The van der Waals surface area contributed by atoms with E-state index in [1.165, 1.54) is 4.31 Å². The van der Waals surface area contributed by atoms with Gasteiger partial charge in [-0.1, -0.05) is 67.2 Å². The molecule has 0 unspecified atom stereocenters. The van der Waals surface area contributed by atoms with E-state index in [0.717, 1.165) is 53.4 Å². The average molecular weight is 507 g/mol. The highest BCUT2D eigenvalue weighted by molar-refractivity contribution is 9.10. The van der Waals surface area contributed by atoms with Crippen molar-refractivity contribution in [3.8, 4) is 0 Å². The Morgan fingerprint density at radius 3 is 2.35 bits per heavy atom. The first-order valence-electron chi connectivity index (χ1n) is 10.9. The average Bonchev–Trinajstić information content (AvgIpc) is 2.74. The van der Waals surface area contributed by atoms with E-state index >= 15 is 0 Å². The Labute approximate surface area is 194 Å². The van der Waals surface area contributed by atoms with Gasteiger partial charge in [-0.25, -0.2) is 8.42 Å². The summed E-state index contributed by atoms with van der Waals surface area (Å²) in [5, 5.41) is 3.01. The monoisotopic (exact) mass is 506 g/mol. The quantitative estimate of drug-likeness (QED) is 0.512. The topological polar surface area (TPSA) is 66.5 Å². The van der Waals surface area contributed by atoms with Crippen LogP contribution in [0.15, 0.2) is 51.8 Å². The van der Waals surface area contributed by atoms with Gasteiger partial charge in [-0.2, -0.15) is 4.31 Å². The van der Waals surface area contributed by atoms with Gasteiger partial charge in [0.05, 0.1) is 11.4 Å². The van der Waals surface area contributed by atoms with Gasteiger partial charge in [0.15, 0.2) is 0 Å². The van der Waals surface area contributed by atoms with E-state index in [-0.39, 0.29) is 29.3 Å². The van der Waals surface area contributed by atoms with Crippen molar-refractivity contribution in [2.24, 2.45) is 0 Å². The number of anilines is 1. The van der Waals surface area contributed by atoms with Gasteiger partial charge in [0.1, 0.15) is 0 Å². The minimum absolute atomic E-state index is 0.158. The molecule has 0 aliphatic heterocycles. The number of hydrogen-bond acceptors (Lipinski definition) is 3. The maximum Gasteiger partial charge on any atom is 0.243 e. The molecular weight excluding hydrogens is 476 g/mol. The number of sulfonamides is 1. The van der Waals surface area contributed by atoms with Crippen LogP contribution in [0.3, 0.4) is 0 Å². The van der Waals surface area contributed by atoms with Crippen molar-refractivity contribution in [2.75, 3.05) is 11.9 Å². The molecule has 1 N–H and O–H groups in total. The van der Waals surface area contributed by atoms with E-state index in [4.69, 9.17) is 0 Å². The lowest BCUT2D eigenvalue weighted by molar-refractivity contribution is -0.116. The Hall–Kier alpha value is -1.70. The van der Waals surface area contributed by atoms with Crippen molar-refractivity contribution in [2.45, 2.75) is 69.7 Å². The minimum atomic E-state index is -3.79. The van der Waals surface area contributed by atoms with E-state index in [1.807, 2.05) is 25.1 Å². The number of carbonyl (C=O) groups is 1. The van der Waals surface area contributed by atoms with Crippen LogP contribution in [0.1, 0.15) is 63.0 Å². The van der Waals surface area contributed by atoms with Crippen molar-refractivity contribution in [1.82, 2.24) is 4.31 Å². The van der Waals surface area contributed by atoms with Crippen LogP contribution in [0.25, 0.3) is 0 Å². The molecule has 0 saturated heterocycles. The number of nitrogens with zero attached hydrogens (tertiary/aromatic N) is 1. The van der Waals surface area contributed by atoms with Crippen LogP contribution in [0, 0.1) is 6.92 Å². The summed E-state index contributed by atoms with van der Waals surface area (Å²) in [6.07, 6.45) is 4.63. The summed E-state index contributed by atoms with van der Waals surface area (Å²) in [5.74, 6) is -0.0568. The molecule has 168 valence electrons. The van der Waals surface area contributed by atoms with Crippen LogP contribution in [-0.4, -0.2) is 31.2 Å². The van der Waals surface area contributed by atoms with Gasteiger partial charge in [0, 0.05) is 16.2 Å². The molecule has 7 heteroatoms. The van der Waals surface area contributed by atoms with E-state index in [2.05, 4.69) is 35.1 Å². The summed E-state index contributed by atoms with van der Waals surface area (Å²) in [6.45, 7) is 5.93. The lowest BCUT2D eigenvalue weighted by Gasteiger charge is -2.33. The third-order valence-corrected chi connectivity index (χ3v) is 8.33. The molecule has 0 bridgehead atoms. The van der Waals surface area contributed by atoms with Crippen molar-refractivity contribution in [1.29, 1.82) is 0 Å². The molecule has 1 amide bonds. The van der Waals surface area contributed by atoms with Crippen molar-refractivity contribution in [3.05, 3.63) is 58.1 Å². The second-order valence-electron chi connectivity index (χ2n) is 8.54. The Bertz CT molecular complexity index is 1010. The third-order valence-electron chi connectivity index (χ3n) is 5.89. The first kappa shape index (κ1) is 24.0. The molecule has 1 aliphatic carbocycles. The van der Waals surface area contributed by atoms with Crippen LogP contribution in [-0.2, 0) is 14.8 Å². The van der Waals surface area contributed by atoms with Crippen molar-refractivity contribution >= 4 is 37.5 Å². The minimum Gasteiger partial charge on any atom is -0.324 e. The third kappa shape index (κ3) is 5.76. The number of para-hydroxylation sites is 1. The highest BCUT2D eigenvalue weighted by Crippen LogP contribution is 2.30. The Kier molecular flexibility index (Phi) is 7.94. The maximum absolute atomic E-state index is 13.5. The van der Waals surface area contributed by atoms with E-state index in [9.17, 15) is 13.2 Å². The molecule has 2 aromatic rings. The van der Waals surface area contributed by atoms with Gasteiger partial charge in [0.2, 0.25) is 15.9 Å². The molecule has 0 radical (unpaired) electrons. The zero-order chi connectivity index (χ0) is 22.6. The van der Waals surface area contributed by atoms with Crippen LogP contribution in [0.4, 0.5) is 5.69 Å². The van der Waals surface area contributed by atoms with Crippen molar-refractivity contribution in [3.63, 3.8) is 0 Å². The highest BCUT2D eigenvalue weighted by Gasteiger charge is 2.34. The SMILES string of the molecule is Cc1cccc(C(C)C)c1NC(=O)CN(C1CCCCC1)S(=O)(=O)c1ccc(Br)cc1. The molecule has 1 aliphatic rings. The fourth-order valence-electron chi connectivity index (χ4n) is 4.18. The number of carbonyl (C=O) groups excluding carboxylic acids is 1. The first-order valence-corrected chi connectivity index (χ1v) is 13.1. The number of hydrogen-bond donors (Lipinski definition) is 1. The van der Waals surface area contributed by atoms with Crippen LogP contribution in [0.2, 0.25) is 0 Å². The normalized spacial score (nSPS) is 15.4. The van der Waals surface area contributed by atoms with Gasteiger partial charge in [0.25, 0.3) is 0 Å². The summed E-state index contributed by atoms with van der Waals surface area (Å²) in [5.41, 5.74) is 2.81. The Balaban J connectivity index is 1.89. The van der Waals surface area contributed by atoms with Gasteiger partial charge in [-0.15, -0.1) is 0 Å². The predicted octanol–water partition coefficient (Wildman–Crippen LogP) is 5.84. The van der Waals surface area contributed by atoms with Gasteiger partial charge >= 0.3 is 0 Å². The Morgan fingerprint density at radius 2 is 1.74 bits per heavy atom. The van der Waals surface area contributed by atoms with Gasteiger partial charge in [-0.05, 0) is 61.1 Å². The zero-order valence-electron chi connectivity index (χ0n) is 18.4. The molecular formula is C24H31BrN2O3S. The molecule has 31 heavy (non-hydrogen) atoms.